The fourth-order valence-corrected chi connectivity index (χ4v) is 3.32. The van der Waals surface area contributed by atoms with E-state index in [1.54, 1.807) is 0 Å². The number of alkyl halides is 1. The molecule has 0 saturated heterocycles. The van der Waals surface area contributed by atoms with E-state index < -0.39 is 0 Å². The summed E-state index contributed by atoms with van der Waals surface area (Å²) < 4.78 is 0. The Hall–Kier alpha value is 0.340. The van der Waals surface area contributed by atoms with Crippen molar-refractivity contribution in [2.75, 3.05) is 5.75 Å². The first-order valence-corrected chi connectivity index (χ1v) is 6.09. The summed E-state index contributed by atoms with van der Waals surface area (Å²) in [6, 6.07) is 6.14. The van der Waals surface area contributed by atoms with E-state index in [9.17, 15) is 0 Å². The second-order valence-electron chi connectivity index (χ2n) is 2.86. The Morgan fingerprint density at radius 1 is 1.50 bits per heavy atom. The van der Waals surface area contributed by atoms with E-state index in [2.05, 4.69) is 28.1 Å². The van der Waals surface area contributed by atoms with Crippen LogP contribution in [0.4, 0.5) is 0 Å². The van der Waals surface area contributed by atoms with Gasteiger partial charge in [0.05, 0.1) is 0 Å². The minimum Gasteiger partial charge on any atom is -0.125 e. The Labute approximate surface area is 89.8 Å². The summed E-state index contributed by atoms with van der Waals surface area (Å²) >= 11 is 11.4. The third kappa shape index (κ3) is 1.81. The lowest BCUT2D eigenvalue weighted by atomic mass is 10.1. The van der Waals surface area contributed by atoms with Gasteiger partial charge in [0.1, 0.15) is 0 Å². The molecule has 0 radical (unpaired) electrons. The predicted octanol–water partition coefficient (Wildman–Crippen LogP) is 3.75. The van der Waals surface area contributed by atoms with Crippen LogP contribution in [0.2, 0.25) is 5.02 Å². The molecule has 1 unspecified atom stereocenters. The fourth-order valence-electron chi connectivity index (χ4n) is 1.31. The number of hydrogen-bond acceptors (Lipinski definition) is 1. The van der Waals surface area contributed by atoms with Crippen LogP contribution in [0.5, 0.6) is 0 Å². The van der Waals surface area contributed by atoms with Crippen molar-refractivity contribution in [3.63, 3.8) is 0 Å². The summed E-state index contributed by atoms with van der Waals surface area (Å²) in [5.74, 6) is 1.15. The number of rotatable bonds is 0. The Morgan fingerprint density at radius 2 is 2.33 bits per heavy atom. The highest BCUT2D eigenvalue weighted by molar-refractivity contribution is 9.09. The first-order valence-electron chi connectivity index (χ1n) is 3.81. The van der Waals surface area contributed by atoms with Crippen LogP contribution < -0.4 is 0 Å². The molecule has 0 spiro atoms. The summed E-state index contributed by atoms with van der Waals surface area (Å²) in [7, 11) is 0. The van der Waals surface area contributed by atoms with Gasteiger partial charge in [-0.25, -0.2) is 0 Å². The second-order valence-corrected chi connectivity index (χ2v) is 5.66. The Bertz CT molecular complexity index is 301. The minimum atomic E-state index is 0.621. The van der Waals surface area contributed by atoms with Crippen LogP contribution in [-0.4, -0.2) is 10.6 Å². The maximum Gasteiger partial charge on any atom is 0.0417 e. The zero-order chi connectivity index (χ0) is 8.55. The van der Waals surface area contributed by atoms with Crippen molar-refractivity contribution >= 4 is 39.3 Å². The number of halogens is 2. The molecule has 1 aliphatic rings. The Kier molecular flexibility index (Phi) is 2.68. The van der Waals surface area contributed by atoms with E-state index >= 15 is 0 Å². The highest BCUT2D eigenvalue weighted by Crippen LogP contribution is 2.34. The molecule has 0 saturated carbocycles. The van der Waals surface area contributed by atoms with Gasteiger partial charge in [-0.15, -0.1) is 11.8 Å². The van der Waals surface area contributed by atoms with E-state index in [1.807, 2.05) is 17.8 Å². The second kappa shape index (κ2) is 3.60. The zero-order valence-corrected chi connectivity index (χ0v) is 9.55. The number of benzene rings is 1. The van der Waals surface area contributed by atoms with Crippen LogP contribution in [0.3, 0.4) is 0 Å². The zero-order valence-electron chi connectivity index (χ0n) is 6.39. The number of thioether (sulfide) groups is 1. The molecule has 1 atom stereocenters. The maximum absolute atomic E-state index is 5.89. The van der Waals surface area contributed by atoms with Gasteiger partial charge in [-0.2, -0.15) is 0 Å². The number of hydrogen-bond donors (Lipinski definition) is 0. The molecule has 2 rings (SSSR count). The third-order valence-corrected chi connectivity index (χ3v) is 4.46. The third-order valence-electron chi connectivity index (χ3n) is 1.89. The van der Waals surface area contributed by atoms with Gasteiger partial charge in [0.15, 0.2) is 0 Å². The van der Waals surface area contributed by atoms with Crippen molar-refractivity contribution in [3.05, 3.63) is 28.8 Å². The first-order chi connectivity index (χ1) is 5.75. The Balaban J connectivity index is 2.37. The van der Waals surface area contributed by atoms with E-state index in [4.69, 9.17) is 11.6 Å². The highest BCUT2D eigenvalue weighted by Gasteiger charge is 2.16. The topological polar surface area (TPSA) is 0 Å². The SMILES string of the molecule is Clc1ccc2c(c1)SCC(Br)C2. The summed E-state index contributed by atoms with van der Waals surface area (Å²) in [5.41, 5.74) is 1.41. The molecule has 3 heteroatoms. The molecule has 0 amide bonds. The van der Waals surface area contributed by atoms with Gasteiger partial charge in [-0.05, 0) is 24.1 Å². The van der Waals surface area contributed by atoms with Gasteiger partial charge in [-0.3, -0.25) is 0 Å². The van der Waals surface area contributed by atoms with E-state index in [-0.39, 0.29) is 0 Å². The summed E-state index contributed by atoms with van der Waals surface area (Å²) in [6.07, 6.45) is 1.12. The standard InChI is InChI=1S/C9H8BrClS/c10-7-3-6-1-2-8(11)4-9(6)12-5-7/h1-2,4,7H,3,5H2. The Morgan fingerprint density at radius 3 is 3.17 bits per heavy atom. The lowest BCUT2D eigenvalue weighted by Gasteiger charge is -2.19. The van der Waals surface area contributed by atoms with Crippen molar-refractivity contribution in [2.24, 2.45) is 0 Å². The van der Waals surface area contributed by atoms with Crippen molar-refractivity contribution in [2.45, 2.75) is 16.1 Å². The normalized spacial score (nSPS) is 22.0. The molecule has 0 N–H and O–H groups in total. The molecule has 0 aromatic heterocycles. The van der Waals surface area contributed by atoms with Crippen molar-refractivity contribution in [1.29, 1.82) is 0 Å². The molecule has 12 heavy (non-hydrogen) atoms. The quantitative estimate of drug-likeness (QED) is 0.643. The molecule has 0 nitrogen and oxygen atoms in total. The lowest BCUT2D eigenvalue weighted by molar-refractivity contribution is 0.923. The summed E-state index contributed by atoms with van der Waals surface area (Å²) in [5, 5.41) is 0.842. The molecule has 0 bridgehead atoms. The molecule has 1 aromatic rings. The molecule has 1 aliphatic heterocycles. The van der Waals surface area contributed by atoms with Gasteiger partial charge in [0.2, 0.25) is 0 Å². The maximum atomic E-state index is 5.89. The molecular weight excluding hydrogens is 256 g/mol. The molecule has 1 heterocycles. The van der Waals surface area contributed by atoms with Crippen LogP contribution in [0.25, 0.3) is 0 Å². The first kappa shape index (κ1) is 8.92. The van der Waals surface area contributed by atoms with Crippen LogP contribution in [0.15, 0.2) is 23.1 Å². The van der Waals surface area contributed by atoms with Gasteiger partial charge < -0.3 is 0 Å². The van der Waals surface area contributed by atoms with Gasteiger partial charge >= 0.3 is 0 Å². The number of fused-ring (bicyclic) bond motifs is 1. The van der Waals surface area contributed by atoms with E-state index in [0.29, 0.717) is 4.83 Å². The van der Waals surface area contributed by atoms with Crippen molar-refractivity contribution < 1.29 is 0 Å². The van der Waals surface area contributed by atoms with Gasteiger partial charge in [0.25, 0.3) is 0 Å². The van der Waals surface area contributed by atoms with Crippen LogP contribution in [-0.2, 0) is 6.42 Å². The average molecular weight is 264 g/mol. The smallest absolute Gasteiger partial charge is 0.0417 e. The largest absolute Gasteiger partial charge is 0.125 e. The predicted molar refractivity (Wildman–Crippen MR) is 58.6 cm³/mol. The van der Waals surface area contributed by atoms with E-state index in [1.165, 1.54) is 10.5 Å². The fraction of sp³-hybridized carbons (Fsp3) is 0.333. The summed E-state index contributed by atoms with van der Waals surface area (Å²) in [6.45, 7) is 0. The van der Waals surface area contributed by atoms with Crippen LogP contribution >= 0.6 is 39.3 Å². The summed E-state index contributed by atoms with van der Waals surface area (Å²) in [4.78, 5) is 1.97. The lowest BCUT2D eigenvalue weighted by Crippen LogP contribution is -2.11. The molecular formula is C9H8BrClS. The molecule has 1 aromatic carbocycles. The van der Waals surface area contributed by atoms with Crippen LogP contribution in [0, 0.1) is 0 Å². The monoisotopic (exact) mass is 262 g/mol. The molecule has 0 fully saturated rings. The van der Waals surface area contributed by atoms with Gasteiger partial charge in [-0.1, -0.05) is 33.6 Å². The average Bonchev–Trinajstić information content (AvgIpc) is 2.05. The molecule has 0 aliphatic carbocycles. The van der Waals surface area contributed by atoms with Crippen molar-refractivity contribution in [3.8, 4) is 0 Å². The van der Waals surface area contributed by atoms with E-state index in [0.717, 1.165) is 17.2 Å². The minimum absolute atomic E-state index is 0.621. The van der Waals surface area contributed by atoms with Gasteiger partial charge in [0, 0.05) is 20.5 Å². The van der Waals surface area contributed by atoms with Crippen LogP contribution in [0.1, 0.15) is 5.56 Å². The van der Waals surface area contributed by atoms with Crippen molar-refractivity contribution in [1.82, 2.24) is 0 Å². The highest BCUT2D eigenvalue weighted by atomic mass is 79.9. The molecule has 64 valence electrons.